The van der Waals surface area contributed by atoms with E-state index in [1.54, 1.807) is 6.07 Å². The fraction of sp³-hybridized carbons (Fsp3) is 0.176. The molecule has 4 heteroatoms. The first kappa shape index (κ1) is 13.3. The van der Waals surface area contributed by atoms with Gasteiger partial charge in [-0.05, 0) is 55.3 Å². The van der Waals surface area contributed by atoms with E-state index in [0.29, 0.717) is 11.1 Å². The van der Waals surface area contributed by atoms with Crippen molar-refractivity contribution in [2.24, 2.45) is 4.99 Å². The average molecular weight is 279 g/mol. The van der Waals surface area contributed by atoms with Crippen LogP contribution in [0.1, 0.15) is 25.0 Å². The van der Waals surface area contributed by atoms with Crippen molar-refractivity contribution in [1.82, 2.24) is 0 Å². The van der Waals surface area contributed by atoms with Gasteiger partial charge in [0.2, 0.25) is 0 Å². The number of hydrogen-bond acceptors (Lipinski definition) is 3. The molecule has 0 N–H and O–H groups in total. The Morgan fingerprint density at radius 2 is 2.00 bits per heavy atom. The number of benzene rings is 2. The number of nitriles is 1. The number of hydrogen-bond donors (Lipinski definition) is 0. The molecule has 0 fully saturated rings. The van der Waals surface area contributed by atoms with Gasteiger partial charge in [0.05, 0.1) is 17.3 Å². The Bertz CT molecular complexity index is 788. The average Bonchev–Trinajstić information content (AvgIpc) is 2.46. The fourth-order valence-electron chi connectivity index (χ4n) is 2.36. The highest BCUT2D eigenvalue weighted by atomic mass is 19.1. The van der Waals surface area contributed by atoms with E-state index in [1.807, 2.05) is 38.1 Å². The maximum atomic E-state index is 13.6. The van der Waals surface area contributed by atoms with E-state index in [9.17, 15) is 4.39 Å². The largest absolute Gasteiger partial charge is 0.463 e. The summed E-state index contributed by atoms with van der Waals surface area (Å²) in [5, 5.41) is 8.95. The van der Waals surface area contributed by atoms with Crippen molar-refractivity contribution in [2.45, 2.75) is 19.4 Å². The zero-order valence-corrected chi connectivity index (χ0v) is 11.6. The molecule has 1 radical (unpaired) electrons. The van der Waals surface area contributed by atoms with Crippen LogP contribution < -0.4 is 0 Å². The summed E-state index contributed by atoms with van der Waals surface area (Å²) in [6, 6.07) is 11.9. The van der Waals surface area contributed by atoms with Crippen molar-refractivity contribution in [3.8, 4) is 17.2 Å². The Balaban J connectivity index is 2.16. The van der Waals surface area contributed by atoms with Gasteiger partial charge in [0, 0.05) is 5.56 Å². The first-order valence-corrected chi connectivity index (χ1v) is 6.49. The lowest BCUT2D eigenvalue weighted by Crippen LogP contribution is -2.23. The second-order valence-electron chi connectivity index (χ2n) is 5.39. The van der Waals surface area contributed by atoms with E-state index >= 15 is 0 Å². The van der Waals surface area contributed by atoms with Crippen LogP contribution >= 0.6 is 0 Å². The van der Waals surface area contributed by atoms with Crippen molar-refractivity contribution < 1.29 is 9.13 Å². The summed E-state index contributed by atoms with van der Waals surface area (Å²) in [6.07, 6.45) is 2.54. The van der Waals surface area contributed by atoms with Crippen LogP contribution in [0.15, 0.2) is 41.4 Å². The Labute approximate surface area is 122 Å². The van der Waals surface area contributed by atoms with Crippen LogP contribution in [0.4, 0.5) is 10.1 Å². The maximum absolute atomic E-state index is 13.6. The van der Waals surface area contributed by atoms with Crippen LogP contribution in [0.25, 0.3) is 11.1 Å². The zero-order valence-electron chi connectivity index (χ0n) is 11.6. The van der Waals surface area contributed by atoms with Gasteiger partial charge in [-0.25, -0.2) is 9.38 Å². The lowest BCUT2D eigenvalue weighted by atomic mass is 9.91. The highest BCUT2D eigenvalue weighted by Crippen LogP contribution is 2.38. The number of aliphatic imine (C=N–C) groups is 1. The lowest BCUT2D eigenvalue weighted by Gasteiger charge is -2.28. The monoisotopic (exact) mass is 279 g/mol. The predicted octanol–water partition coefficient (Wildman–Crippen LogP) is 4.17. The molecular weight excluding hydrogens is 267 g/mol. The third-order valence-electron chi connectivity index (χ3n) is 3.47. The standard InChI is InChI=1S/C17H12FN2O/c1-17(2)15-8-12(3-4-16(15)20-10-21-17)13-5-11(9-19)6-14(18)7-13/h3-8H,1-2H3. The van der Waals surface area contributed by atoms with Gasteiger partial charge in [0.15, 0.2) is 0 Å². The molecule has 21 heavy (non-hydrogen) atoms. The molecule has 0 aromatic heterocycles. The first-order chi connectivity index (χ1) is 9.99. The summed E-state index contributed by atoms with van der Waals surface area (Å²) in [5.41, 5.74) is 2.92. The number of fused-ring (bicyclic) bond motifs is 1. The normalized spacial score (nSPS) is 15.0. The van der Waals surface area contributed by atoms with Crippen molar-refractivity contribution in [3.63, 3.8) is 0 Å². The molecule has 0 spiro atoms. The molecule has 0 atom stereocenters. The molecule has 1 aliphatic heterocycles. The van der Waals surface area contributed by atoms with E-state index in [2.05, 4.69) is 11.4 Å². The predicted molar refractivity (Wildman–Crippen MR) is 77.8 cm³/mol. The van der Waals surface area contributed by atoms with Crippen LogP contribution in [0.2, 0.25) is 0 Å². The minimum absolute atomic E-state index is 0.296. The molecule has 0 bridgehead atoms. The lowest BCUT2D eigenvalue weighted by molar-refractivity contribution is 0.100. The molecule has 2 aromatic carbocycles. The second kappa shape index (κ2) is 4.71. The van der Waals surface area contributed by atoms with E-state index < -0.39 is 11.4 Å². The molecule has 3 nitrogen and oxygen atoms in total. The topological polar surface area (TPSA) is 45.4 Å². The highest BCUT2D eigenvalue weighted by Gasteiger charge is 2.28. The summed E-state index contributed by atoms with van der Waals surface area (Å²) in [4.78, 5) is 4.08. The van der Waals surface area contributed by atoms with Crippen LogP contribution in [0, 0.1) is 17.1 Å². The van der Waals surface area contributed by atoms with E-state index in [1.165, 1.54) is 12.1 Å². The van der Waals surface area contributed by atoms with Gasteiger partial charge in [0.1, 0.15) is 11.4 Å². The number of nitrogens with zero attached hydrogens (tertiary/aromatic N) is 2. The molecule has 0 saturated carbocycles. The summed E-state index contributed by atoms with van der Waals surface area (Å²) in [6.45, 7) is 3.84. The summed E-state index contributed by atoms with van der Waals surface area (Å²) >= 11 is 0. The Hall–Kier alpha value is -2.67. The van der Waals surface area contributed by atoms with Gasteiger partial charge >= 0.3 is 0 Å². The van der Waals surface area contributed by atoms with Crippen molar-refractivity contribution >= 4 is 12.1 Å². The smallest absolute Gasteiger partial charge is 0.279 e. The fourth-order valence-corrected chi connectivity index (χ4v) is 2.36. The second-order valence-corrected chi connectivity index (χ2v) is 5.39. The zero-order chi connectivity index (χ0) is 15.0. The number of rotatable bonds is 1. The Morgan fingerprint density at radius 3 is 2.76 bits per heavy atom. The molecule has 0 unspecified atom stereocenters. The molecule has 0 amide bonds. The molecule has 0 saturated heterocycles. The molecule has 2 aromatic rings. The quantitative estimate of drug-likeness (QED) is 0.786. The third kappa shape index (κ3) is 2.38. The number of halogens is 1. The molecule has 0 aliphatic carbocycles. The molecule has 1 aliphatic rings. The van der Waals surface area contributed by atoms with Gasteiger partial charge in [-0.15, -0.1) is 0 Å². The maximum Gasteiger partial charge on any atom is 0.279 e. The molecule has 3 rings (SSSR count). The minimum atomic E-state index is -0.543. The minimum Gasteiger partial charge on any atom is -0.463 e. The van der Waals surface area contributed by atoms with Crippen LogP contribution in [-0.4, -0.2) is 6.40 Å². The summed E-state index contributed by atoms with van der Waals surface area (Å²) in [7, 11) is 0. The molecule has 103 valence electrons. The Morgan fingerprint density at radius 1 is 1.19 bits per heavy atom. The van der Waals surface area contributed by atoms with Gasteiger partial charge < -0.3 is 4.74 Å². The first-order valence-electron chi connectivity index (χ1n) is 6.49. The molecular formula is C17H12FN2O. The van der Waals surface area contributed by atoms with E-state index in [-0.39, 0.29) is 0 Å². The molecule has 1 heterocycles. The van der Waals surface area contributed by atoms with Crippen molar-refractivity contribution in [3.05, 3.63) is 53.3 Å². The van der Waals surface area contributed by atoms with E-state index in [0.717, 1.165) is 16.8 Å². The highest BCUT2D eigenvalue weighted by molar-refractivity contribution is 5.72. The van der Waals surface area contributed by atoms with Gasteiger partial charge in [-0.1, -0.05) is 6.07 Å². The third-order valence-corrected chi connectivity index (χ3v) is 3.47. The SMILES string of the molecule is CC1(C)O[C]=Nc2ccc(-c3cc(F)cc(C#N)c3)cc21. The van der Waals surface area contributed by atoms with Crippen molar-refractivity contribution in [2.75, 3.05) is 0 Å². The summed E-state index contributed by atoms with van der Waals surface area (Å²) < 4.78 is 19.0. The van der Waals surface area contributed by atoms with Crippen LogP contribution in [0.5, 0.6) is 0 Å². The van der Waals surface area contributed by atoms with Crippen LogP contribution in [0.3, 0.4) is 0 Å². The van der Waals surface area contributed by atoms with Gasteiger partial charge in [-0.3, -0.25) is 0 Å². The summed E-state index contributed by atoms with van der Waals surface area (Å²) in [5.74, 6) is -0.427. The van der Waals surface area contributed by atoms with Gasteiger partial charge in [0.25, 0.3) is 6.40 Å². The number of ether oxygens (including phenoxy) is 1. The van der Waals surface area contributed by atoms with Crippen LogP contribution in [-0.2, 0) is 10.3 Å². The van der Waals surface area contributed by atoms with Crippen molar-refractivity contribution in [1.29, 1.82) is 5.26 Å². The Kier molecular flexibility index (Phi) is 2.99. The van der Waals surface area contributed by atoms with E-state index in [4.69, 9.17) is 10.00 Å². The van der Waals surface area contributed by atoms with Gasteiger partial charge in [-0.2, -0.15) is 5.26 Å².